The van der Waals surface area contributed by atoms with Crippen LogP contribution in [-0.4, -0.2) is 41.4 Å². The molecule has 5 nitrogen and oxygen atoms in total. The van der Waals surface area contributed by atoms with E-state index in [-0.39, 0.29) is 6.61 Å². The first-order valence-electron chi connectivity index (χ1n) is 5.64. The highest BCUT2D eigenvalue weighted by atomic mass is 79.9. The lowest BCUT2D eigenvalue weighted by molar-refractivity contribution is 0.0992. The number of hydrogen-bond acceptors (Lipinski definition) is 5. The molecule has 0 saturated heterocycles. The molecule has 0 spiro atoms. The van der Waals surface area contributed by atoms with Crippen molar-refractivity contribution in [3.05, 3.63) is 29.0 Å². The molecule has 0 aliphatic carbocycles. The van der Waals surface area contributed by atoms with Gasteiger partial charge in [0.2, 0.25) is 0 Å². The van der Waals surface area contributed by atoms with Crippen molar-refractivity contribution in [1.29, 1.82) is 0 Å². The van der Waals surface area contributed by atoms with Crippen LogP contribution in [0.5, 0.6) is 0 Å². The fourth-order valence-electron chi connectivity index (χ4n) is 1.60. The summed E-state index contributed by atoms with van der Waals surface area (Å²) < 4.78 is 6.12. The summed E-state index contributed by atoms with van der Waals surface area (Å²) in [6, 6.07) is 5.86. The van der Waals surface area contributed by atoms with Crippen LogP contribution in [0.2, 0.25) is 0 Å². The predicted molar refractivity (Wildman–Crippen MR) is 73.6 cm³/mol. The number of nitrogens with zero attached hydrogens (tertiary/aromatic N) is 2. The number of nitrogens with one attached hydrogen (secondary N) is 1. The van der Waals surface area contributed by atoms with E-state index >= 15 is 0 Å². The number of aliphatic hydroxyl groups is 1. The molecule has 1 aromatic heterocycles. The van der Waals surface area contributed by atoms with Crippen LogP contribution in [0.15, 0.2) is 29.0 Å². The van der Waals surface area contributed by atoms with Gasteiger partial charge in [-0.3, -0.25) is 0 Å². The van der Waals surface area contributed by atoms with Gasteiger partial charge in [-0.05, 0) is 28.1 Å². The maximum absolute atomic E-state index is 8.58. The highest BCUT2D eigenvalue weighted by Gasteiger charge is 2.05. The summed E-state index contributed by atoms with van der Waals surface area (Å²) >= 11 is 3.46. The monoisotopic (exact) mass is 311 g/mol. The van der Waals surface area contributed by atoms with Crippen LogP contribution in [0.4, 0.5) is 5.82 Å². The average Bonchev–Trinajstić information content (AvgIpc) is 2.39. The maximum atomic E-state index is 8.58. The molecule has 0 aliphatic rings. The van der Waals surface area contributed by atoms with Gasteiger partial charge in [0.05, 0.1) is 25.3 Å². The topological polar surface area (TPSA) is 67.3 Å². The number of benzene rings is 1. The van der Waals surface area contributed by atoms with Gasteiger partial charge in [-0.25, -0.2) is 9.97 Å². The summed E-state index contributed by atoms with van der Waals surface area (Å²) in [7, 11) is 0. The molecule has 0 atom stereocenters. The van der Waals surface area contributed by atoms with Gasteiger partial charge in [-0.2, -0.15) is 0 Å². The van der Waals surface area contributed by atoms with E-state index in [9.17, 15) is 0 Å². The Kier molecular flexibility index (Phi) is 4.86. The van der Waals surface area contributed by atoms with Crippen LogP contribution < -0.4 is 5.32 Å². The molecule has 0 radical (unpaired) electrons. The molecule has 0 saturated carbocycles. The lowest BCUT2D eigenvalue weighted by atomic mass is 10.2. The highest BCUT2D eigenvalue weighted by molar-refractivity contribution is 9.10. The second-order valence-corrected chi connectivity index (χ2v) is 4.48. The van der Waals surface area contributed by atoms with E-state index in [2.05, 4.69) is 31.2 Å². The van der Waals surface area contributed by atoms with Crippen molar-refractivity contribution in [2.75, 3.05) is 31.7 Å². The fraction of sp³-hybridized carbons (Fsp3) is 0.333. The minimum atomic E-state index is 0.0450. The molecule has 1 aromatic carbocycles. The Morgan fingerprint density at radius 2 is 2.17 bits per heavy atom. The molecular weight excluding hydrogens is 298 g/mol. The molecule has 0 bridgehead atoms. The van der Waals surface area contributed by atoms with Crippen LogP contribution in [0, 0.1) is 0 Å². The first kappa shape index (κ1) is 13.2. The van der Waals surface area contributed by atoms with E-state index in [4.69, 9.17) is 9.84 Å². The molecule has 1 heterocycles. The van der Waals surface area contributed by atoms with Gasteiger partial charge in [-0.1, -0.05) is 6.07 Å². The van der Waals surface area contributed by atoms with Gasteiger partial charge in [0.15, 0.2) is 0 Å². The third kappa shape index (κ3) is 3.16. The molecule has 0 amide bonds. The van der Waals surface area contributed by atoms with Gasteiger partial charge < -0.3 is 15.2 Å². The fourth-order valence-corrected chi connectivity index (χ4v) is 2.07. The van der Waals surface area contributed by atoms with E-state index in [1.807, 2.05) is 18.2 Å². The second-order valence-electron chi connectivity index (χ2n) is 3.62. The van der Waals surface area contributed by atoms with E-state index < -0.39 is 0 Å². The molecule has 0 fully saturated rings. The van der Waals surface area contributed by atoms with Crippen molar-refractivity contribution in [3.63, 3.8) is 0 Å². The van der Waals surface area contributed by atoms with E-state index in [0.717, 1.165) is 21.2 Å². The lowest BCUT2D eigenvalue weighted by Gasteiger charge is -2.08. The SMILES string of the molecule is OCCOCCNc1ncnc2c(Br)cccc12. The largest absolute Gasteiger partial charge is 0.394 e. The number of aromatic nitrogens is 2. The predicted octanol–water partition coefficient (Wildman–Crippen LogP) is 1.81. The normalized spacial score (nSPS) is 10.8. The molecular formula is C12H14BrN3O2. The molecule has 2 rings (SSSR count). The zero-order valence-corrected chi connectivity index (χ0v) is 11.4. The minimum Gasteiger partial charge on any atom is -0.394 e. The Hall–Kier alpha value is -1.24. The second kappa shape index (κ2) is 6.63. The zero-order valence-electron chi connectivity index (χ0n) is 9.77. The van der Waals surface area contributed by atoms with Gasteiger partial charge >= 0.3 is 0 Å². The Labute approximate surface area is 113 Å². The summed E-state index contributed by atoms with van der Waals surface area (Å²) in [4.78, 5) is 8.45. The van der Waals surface area contributed by atoms with Crippen LogP contribution >= 0.6 is 15.9 Å². The summed E-state index contributed by atoms with van der Waals surface area (Å²) in [5, 5.41) is 12.7. The summed E-state index contributed by atoms with van der Waals surface area (Å²) in [5.41, 5.74) is 0.881. The van der Waals surface area contributed by atoms with E-state index in [1.54, 1.807) is 0 Å². The summed E-state index contributed by atoms with van der Waals surface area (Å²) in [5.74, 6) is 0.786. The average molecular weight is 312 g/mol. The molecule has 6 heteroatoms. The van der Waals surface area contributed by atoms with Crippen molar-refractivity contribution in [2.45, 2.75) is 0 Å². The maximum Gasteiger partial charge on any atom is 0.137 e. The van der Waals surface area contributed by atoms with Crippen LogP contribution in [-0.2, 0) is 4.74 Å². The Morgan fingerprint density at radius 3 is 3.00 bits per heavy atom. The molecule has 2 aromatic rings. The number of halogens is 1. The van der Waals surface area contributed by atoms with Crippen molar-refractivity contribution in [3.8, 4) is 0 Å². The highest BCUT2D eigenvalue weighted by Crippen LogP contribution is 2.25. The third-order valence-corrected chi connectivity index (χ3v) is 3.03. The first-order valence-corrected chi connectivity index (χ1v) is 6.44. The molecule has 0 aliphatic heterocycles. The number of rotatable bonds is 6. The van der Waals surface area contributed by atoms with Crippen molar-refractivity contribution >= 4 is 32.7 Å². The molecule has 2 N–H and O–H groups in total. The van der Waals surface area contributed by atoms with E-state index in [1.165, 1.54) is 6.33 Å². The standard InChI is InChI=1S/C12H14BrN3O2/c13-10-3-1-2-9-11(10)15-8-16-12(9)14-4-6-18-7-5-17/h1-3,8,17H,4-7H2,(H,14,15,16). The lowest BCUT2D eigenvalue weighted by Crippen LogP contribution is -2.12. The number of ether oxygens (including phenoxy) is 1. The molecule has 18 heavy (non-hydrogen) atoms. The van der Waals surface area contributed by atoms with Gasteiger partial charge in [-0.15, -0.1) is 0 Å². The quantitative estimate of drug-likeness (QED) is 0.796. The number of anilines is 1. The van der Waals surface area contributed by atoms with Crippen LogP contribution in [0.1, 0.15) is 0 Å². The smallest absolute Gasteiger partial charge is 0.137 e. The summed E-state index contributed by atoms with van der Waals surface area (Å²) in [6.45, 7) is 1.57. The van der Waals surface area contributed by atoms with Crippen molar-refractivity contribution in [2.24, 2.45) is 0 Å². The number of hydrogen-bond donors (Lipinski definition) is 2. The van der Waals surface area contributed by atoms with Crippen LogP contribution in [0.3, 0.4) is 0 Å². The number of aliphatic hydroxyl groups excluding tert-OH is 1. The van der Waals surface area contributed by atoms with Gasteiger partial charge in [0.25, 0.3) is 0 Å². The van der Waals surface area contributed by atoms with Gasteiger partial charge in [0.1, 0.15) is 12.1 Å². The Morgan fingerprint density at radius 1 is 1.28 bits per heavy atom. The number of fused-ring (bicyclic) bond motifs is 1. The Balaban J connectivity index is 2.07. The number of para-hydroxylation sites is 1. The third-order valence-electron chi connectivity index (χ3n) is 2.39. The van der Waals surface area contributed by atoms with Gasteiger partial charge in [0, 0.05) is 16.4 Å². The first-order chi connectivity index (χ1) is 8.83. The Bertz CT molecular complexity index is 522. The zero-order chi connectivity index (χ0) is 12.8. The summed E-state index contributed by atoms with van der Waals surface area (Å²) in [6.07, 6.45) is 1.53. The van der Waals surface area contributed by atoms with Crippen molar-refractivity contribution in [1.82, 2.24) is 9.97 Å². The van der Waals surface area contributed by atoms with E-state index in [0.29, 0.717) is 19.8 Å². The molecule has 96 valence electrons. The minimum absolute atomic E-state index is 0.0450. The van der Waals surface area contributed by atoms with Crippen LogP contribution in [0.25, 0.3) is 10.9 Å². The molecule has 0 unspecified atom stereocenters. The van der Waals surface area contributed by atoms with Crippen molar-refractivity contribution < 1.29 is 9.84 Å².